The fourth-order valence-electron chi connectivity index (χ4n) is 1.88. The Morgan fingerprint density at radius 3 is 1.85 bits per heavy atom. The van der Waals surface area contributed by atoms with Crippen LogP contribution >= 0.6 is 0 Å². The van der Waals surface area contributed by atoms with Gasteiger partial charge in [-0.3, -0.25) is 0 Å². The van der Waals surface area contributed by atoms with Gasteiger partial charge in [0.1, 0.15) is 0 Å². The van der Waals surface area contributed by atoms with Gasteiger partial charge in [0, 0.05) is 11.7 Å². The summed E-state index contributed by atoms with van der Waals surface area (Å²) in [7, 11) is 0. The van der Waals surface area contributed by atoms with Gasteiger partial charge in [0.05, 0.1) is 0 Å². The average Bonchev–Trinajstić information content (AvgIpc) is 2.47. The van der Waals surface area contributed by atoms with Crippen molar-refractivity contribution in [1.82, 2.24) is 0 Å². The maximum Gasteiger partial charge on any atom is 0.0342 e. The Morgan fingerprint density at radius 2 is 1.30 bits per heavy atom. The summed E-state index contributed by atoms with van der Waals surface area (Å²) in [5.41, 5.74) is 3.63. The minimum atomic E-state index is 0.487. The van der Waals surface area contributed by atoms with Gasteiger partial charge in [0.25, 0.3) is 0 Å². The highest BCUT2D eigenvalue weighted by molar-refractivity contribution is 5.70. The van der Waals surface area contributed by atoms with Crippen molar-refractivity contribution in [3.63, 3.8) is 0 Å². The van der Waals surface area contributed by atoms with E-state index >= 15 is 0 Å². The quantitative estimate of drug-likeness (QED) is 0.722. The molecular formula is C19H23N. The predicted molar refractivity (Wildman–Crippen MR) is 89.7 cm³/mol. The first kappa shape index (κ1) is 14.4. The number of hydrogen-bond donors (Lipinski definition) is 1. The Morgan fingerprint density at radius 1 is 0.750 bits per heavy atom. The Bertz CT molecular complexity index is 538. The monoisotopic (exact) mass is 265 g/mol. The second kappa shape index (κ2) is 6.95. The summed E-state index contributed by atoms with van der Waals surface area (Å²) >= 11 is 0. The summed E-state index contributed by atoms with van der Waals surface area (Å²) in [5, 5.41) is 3.52. The highest BCUT2D eigenvalue weighted by Gasteiger charge is 2.05. The third kappa shape index (κ3) is 4.27. The van der Waals surface area contributed by atoms with Gasteiger partial charge in [-0.25, -0.2) is 0 Å². The first-order chi connectivity index (χ1) is 9.65. The molecule has 1 N–H and O–H groups in total. The zero-order valence-electron chi connectivity index (χ0n) is 12.5. The van der Waals surface area contributed by atoms with Crippen LogP contribution in [0.1, 0.15) is 31.9 Å². The van der Waals surface area contributed by atoms with Crippen molar-refractivity contribution in [3.05, 3.63) is 65.7 Å². The lowest BCUT2D eigenvalue weighted by atomic mass is 10.1. The van der Waals surface area contributed by atoms with Gasteiger partial charge in [-0.1, -0.05) is 68.5 Å². The maximum atomic E-state index is 3.52. The summed E-state index contributed by atoms with van der Waals surface area (Å²) in [6.45, 7) is 6.68. The van der Waals surface area contributed by atoms with Gasteiger partial charge < -0.3 is 5.32 Å². The lowest BCUT2D eigenvalue weighted by Crippen LogP contribution is -2.21. The molecule has 1 unspecified atom stereocenters. The van der Waals surface area contributed by atoms with E-state index in [0.717, 1.165) is 0 Å². The topological polar surface area (TPSA) is 12.0 Å². The molecule has 2 aromatic rings. The Labute approximate surface area is 122 Å². The largest absolute Gasteiger partial charge is 0.382 e. The van der Waals surface area contributed by atoms with Crippen LogP contribution in [0.4, 0.5) is 5.69 Å². The van der Waals surface area contributed by atoms with Gasteiger partial charge in [-0.2, -0.15) is 0 Å². The number of benzene rings is 2. The van der Waals surface area contributed by atoms with Crippen molar-refractivity contribution in [2.24, 2.45) is 5.92 Å². The highest BCUT2D eigenvalue weighted by atomic mass is 14.9. The Balaban J connectivity index is 2.00. The molecule has 0 spiro atoms. The Hall–Kier alpha value is -2.02. The van der Waals surface area contributed by atoms with Gasteiger partial charge >= 0.3 is 0 Å². The third-order valence-electron chi connectivity index (χ3n) is 3.57. The van der Waals surface area contributed by atoms with E-state index in [1.165, 1.54) is 16.8 Å². The second-order valence-corrected chi connectivity index (χ2v) is 5.54. The molecule has 0 saturated carbocycles. The van der Waals surface area contributed by atoms with Crippen LogP contribution in [-0.4, -0.2) is 6.04 Å². The molecule has 0 aliphatic rings. The smallest absolute Gasteiger partial charge is 0.0342 e. The molecule has 0 fully saturated rings. The molecule has 20 heavy (non-hydrogen) atoms. The van der Waals surface area contributed by atoms with Crippen molar-refractivity contribution in [2.45, 2.75) is 26.8 Å². The molecule has 104 valence electrons. The van der Waals surface area contributed by atoms with Crippen LogP contribution in [-0.2, 0) is 0 Å². The second-order valence-electron chi connectivity index (χ2n) is 5.54. The van der Waals surface area contributed by atoms with Crippen molar-refractivity contribution in [1.29, 1.82) is 0 Å². The van der Waals surface area contributed by atoms with Gasteiger partial charge in [-0.05, 0) is 36.1 Å². The minimum Gasteiger partial charge on any atom is -0.382 e. The molecule has 0 amide bonds. The zero-order valence-corrected chi connectivity index (χ0v) is 12.5. The van der Waals surface area contributed by atoms with E-state index in [-0.39, 0.29) is 0 Å². The number of hydrogen-bond acceptors (Lipinski definition) is 1. The molecule has 0 bridgehead atoms. The molecule has 0 aliphatic heterocycles. The van der Waals surface area contributed by atoms with Crippen molar-refractivity contribution < 1.29 is 0 Å². The molecule has 2 rings (SSSR count). The lowest BCUT2D eigenvalue weighted by Gasteiger charge is -2.18. The number of anilines is 1. The fraction of sp³-hybridized carbons (Fsp3) is 0.263. The molecule has 1 atom stereocenters. The van der Waals surface area contributed by atoms with Crippen molar-refractivity contribution in [2.75, 3.05) is 5.32 Å². The minimum absolute atomic E-state index is 0.487. The van der Waals surface area contributed by atoms with Crippen LogP contribution in [0.15, 0.2) is 54.6 Å². The number of nitrogens with one attached hydrogen (secondary N) is 1. The SMILES string of the molecule is CC(C)C(C)Nc1ccc(/C=C/c2ccccc2)cc1. The van der Waals surface area contributed by atoms with Gasteiger partial charge in [-0.15, -0.1) is 0 Å². The van der Waals surface area contributed by atoms with Crippen LogP contribution in [0.5, 0.6) is 0 Å². The molecule has 2 aromatic carbocycles. The van der Waals surface area contributed by atoms with E-state index in [4.69, 9.17) is 0 Å². The van der Waals surface area contributed by atoms with Crippen molar-refractivity contribution >= 4 is 17.8 Å². The molecule has 0 radical (unpaired) electrons. The Kier molecular flexibility index (Phi) is 5.00. The standard InChI is InChI=1S/C19H23N/c1-15(2)16(3)20-19-13-11-18(12-14-19)10-9-17-7-5-4-6-8-17/h4-16,20H,1-3H3/b10-9+. The first-order valence-electron chi connectivity index (χ1n) is 7.25. The molecular weight excluding hydrogens is 242 g/mol. The number of rotatable bonds is 5. The molecule has 1 nitrogen and oxygen atoms in total. The zero-order chi connectivity index (χ0) is 14.4. The first-order valence-corrected chi connectivity index (χ1v) is 7.25. The van der Waals surface area contributed by atoms with E-state index in [9.17, 15) is 0 Å². The summed E-state index contributed by atoms with van der Waals surface area (Å²) in [5.74, 6) is 0.632. The summed E-state index contributed by atoms with van der Waals surface area (Å²) in [6.07, 6.45) is 4.28. The maximum absolute atomic E-state index is 3.52. The highest BCUT2D eigenvalue weighted by Crippen LogP contribution is 2.15. The average molecular weight is 265 g/mol. The van der Waals surface area contributed by atoms with Crippen LogP contribution in [0.2, 0.25) is 0 Å². The summed E-state index contributed by atoms with van der Waals surface area (Å²) in [6, 6.07) is 19.4. The molecule has 0 aromatic heterocycles. The van der Waals surface area contributed by atoms with E-state index < -0.39 is 0 Å². The van der Waals surface area contributed by atoms with E-state index in [1.807, 2.05) is 6.07 Å². The third-order valence-corrected chi connectivity index (χ3v) is 3.57. The molecule has 0 saturated heterocycles. The van der Waals surface area contributed by atoms with Crippen molar-refractivity contribution in [3.8, 4) is 0 Å². The van der Waals surface area contributed by atoms with Gasteiger partial charge in [0.2, 0.25) is 0 Å². The van der Waals surface area contributed by atoms with Crippen LogP contribution in [0, 0.1) is 5.92 Å². The van der Waals surface area contributed by atoms with E-state index in [0.29, 0.717) is 12.0 Å². The lowest BCUT2D eigenvalue weighted by molar-refractivity contribution is 0.560. The normalized spacial score (nSPS) is 12.8. The predicted octanol–water partition coefficient (Wildman–Crippen LogP) is 5.31. The van der Waals surface area contributed by atoms with Crippen LogP contribution in [0.25, 0.3) is 12.2 Å². The summed E-state index contributed by atoms with van der Waals surface area (Å²) < 4.78 is 0. The van der Waals surface area contributed by atoms with Crippen LogP contribution < -0.4 is 5.32 Å². The summed E-state index contributed by atoms with van der Waals surface area (Å²) in [4.78, 5) is 0. The van der Waals surface area contributed by atoms with Gasteiger partial charge in [0.15, 0.2) is 0 Å². The fourth-order valence-corrected chi connectivity index (χ4v) is 1.88. The molecule has 0 heterocycles. The molecule has 0 aliphatic carbocycles. The van der Waals surface area contributed by atoms with E-state index in [1.54, 1.807) is 0 Å². The van der Waals surface area contributed by atoms with Crippen LogP contribution in [0.3, 0.4) is 0 Å². The van der Waals surface area contributed by atoms with E-state index in [2.05, 4.69) is 86.8 Å². The molecule has 1 heteroatoms.